The Balaban J connectivity index is 1.76. The van der Waals surface area contributed by atoms with E-state index in [0.717, 1.165) is 41.0 Å². The maximum Gasteiger partial charge on any atom is 0.149 e. The molecular weight excluding hydrogens is 475 g/mol. The van der Waals surface area contributed by atoms with Gasteiger partial charge in [-0.15, -0.1) is 0 Å². The van der Waals surface area contributed by atoms with Gasteiger partial charge in [-0.3, -0.25) is 0 Å². The van der Waals surface area contributed by atoms with Gasteiger partial charge in [0, 0.05) is 10.6 Å². The quantitative estimate of drug-likeness (QED) is 0.192. The van der Waals surface area contributed by atoms with Gasteiger partial charge in [0.1, 0.15) is 7.14 Å². The zero-order valence-corrected chi connectivity index (χ0v) is 22.4. The fourth-order valence-electron chi connectivity index (χ4n) is 4.94. The molecule has 0 aliphatic carbocycles. The number of aliphatic hydroxyl groups excluding tert-OH is 1. The molecule has 0 spiro atoms. The molecule has 0 aliphatic rings. The zero-order chi connectivity index (χ0) is 25.9. The molecule has 0 fully saturated rings. The van der Waals surface area contributed by atoms with Crippen molar-refractivity contribution in [3.8, 4) is 0 Å². The van der Waals surface area contributed by atoms with Gasteiger partial charge >= 0.3 is 0 Å². The highest BCUT2D eigenvalue weighted by molar-refractivity contribution is 7.79. The summed E-state index contributed by atoms with van der Waals surface area (Å²) in [5.74, 6) is 0. The highest BCUT2D eigenvalue weighted by Gasteiger charge is 2.42. The molecule has 0 aromatic heterocycles. The molecule has 0 aliphatic heterocycles. The summed E-state index contributed by atoms with van der Waals surface area (Å²) in [5.41, 5.74) is 1.34. The van der Waals surface area contributed by atoms with Crippen LogP contribution in [0.4, 0.5) is 0 Å². The first-order chi connectivity index (χ1) is 18.1. The molecule has 0 unspecified atom stereocenters. The largest absolute Gasteiger partial charge is 0.388 e. The third-order valence-electron chi connectivity index (χ3n) is 6.96. The smallest absolute Gasteiger partial charge is 0.149 e. The van der Waals surface area contributed by atoms with Crippen LogP contribution < -0.4 is 10.6 Å². The average molecular weight is 513 g/mol. The molecule has 37 heavy (non-hydrogen) atoms. The van der Waals surface area contributed by atoms with E-state index in [1.54, 1.807) is 0 Å². The predicted octanol–water partition coefficient (Wildman–Crippen LogP) is 7.27. The van der Waals surface area contributed by atoms with Crippen LogP contribution in [-0.2, 0) is 15.9 Å². The Morgan fingerprint density at radius 1 is 0.730 bits per heavy atom. The molecule has 3 atom stereocenters. The highest BCUT2D eigenvalue weighted by Crippen LogP contribution is 2.55. The minimum atomic E-state index is -3.27. The highest BCUT2D eigenvalue weighted by atomic mass is 31.2. The van der Waals surface area contributed by atoms with Crippen LogP contribution in [-0.4, -0.2) is 16.9 Å². The van der Waals surface area contributed by atoms with E-state index in [-0.39, 0.29) is 6.10 Å². The van der Waals surface area contributed by atoms with E-state index in [2.05, 4.69) is 19.1 Å². The Bertz CT molecular complexity index is 1190. The van der Waals surface area contributed by atoms with Gasteiger partial charge in [0.25, 0.3) is 0 Å². The van der Waals surface area contributed by atoms with Crippen LogP contribution in [0.25, 0.3) is 0 Å². The zero-order valence-electron chi connectivity index (χ0n) is 21.5. The second-order valence-electron chi connectivity index (χ2n) is 9.55. The number of benzene rings is 4. The summed E-state index contributed by atoms with van der Waals surface area (Å²) in [5, 5.41) is 13.4. The molecule has 0 saturated carbocycles. The van der Waals surface area contributed by atoms with Crippen molar-refractivity contribution in [3.63, 3.8) is 0 Å². The van der Waals surface area contributed by atoms with Crippen molar-refractivity contribution in [2.45, 2.75) is 57.1 Å². The molecule has 3 nitrogen and oxygen atoms in total. The Morgan fingerprint density at radius 3 is 1.73 bits per heavy atom. The third-order valence-corrected chi connectivity index (χ3v) is 10.5. The van der Waals surface area contributed by atoms with E-state index >= 15 is 4.57 Å². The van der Waals surface area contributed by atoms with Crippen molar-refractivity contribution in [1.29, 1.82) is 0 Å². The molecule has 1 N–H and O–H groups in total. The molecule has 0 amide bonds. The van der Waals surface area contributed by atoms with Gasteiger partial charge in [-0.05, 0) is 24.0 Å². The standard InChI is InChI=1S/C33H37O3P/c1-2-3-20-29(36-26-27-16-8-4-9-17-27)25-32(33(34)28-18-10-5-11-19-28)37(35,30-21-12-6-13-22-30)31-23-14-7-15-24-31/h4-19,21-24,29,32-34H,2-3,20,25-26H2,1H3/t29-,32+,33-/m1/s1. The van der Waals surface area contributed by atoms with Gasteiger partial charge in [0.15, 0.2) is 0 Å². The Kier molecular flexibility index (Phi) is 9.91. The number of ether oxygens (including phenoxy) is 1. The molecule has 4 aromatic carbocycles. The molecule has 0 saturated heterocycles. The molecule has 4 aromatic rings. The number of unbranched alkanes of at least 4 members (excludes halogenated alkanes) is 1. The van der Waals surface area contributed by atoms with Gasteiger partial charge in [-0.2, -0.15) is 0 Å². The summed E-state index contributed by atoms with van der Waals surface area (Å²) >= 11 is 0. The second-order valence-corrected chi connectivity index (χ2v) is 12.6. The topological polar surface area (TPSA) is 46.5 Å². The maximum absolute atomic E-state index is 15.4. The molecule has 4 heteroatoms. The van der Waals surface area contributed by atoms with Crippen molar-refractivity contribution >= 4 is 17.8 Å². The molecule has 4 rings (SSSR count). The van der Waals surface area contributed by atoms with E-state index in [9.17, 15) is 5.11 Å². The summed E-state index contributed by atoms with van der Waals surface area (Å²) in [6.07, 6.45) is 2.36. The van der Waals surface area contributed by atoms with Gasteiger partial charge in [0.05, 0.1) is 24.5 Å². The summed E-state index contributed by atoms with van der Waals surface area (Å²) in [4.78, 5) is 0. The van der Waals surface area contributed by atoms with Crippen LogP contribution in [0.15, 0.2) is 121 Å². The third kappa shape index (κ3) is 6.87. The first-order valence-corrected chi connectivity index (χ1v) is 15.0. The summed E-state index contributed by atoms with van der Waals surface area (Å²) < 4.78 is 21.9. The Hall–Kier alpha value is -2.97. The van der Waals surface area contributed by atoms with Gasteiger partial charge in [0.2, 0.25) is 0 Å². The lowest BCUT2D eigenvalue weighted by atomic mass is 9.99. The summed E-state index contributed by atoms with van der Waals surface area (Å²) in [6, 6.07) is 39.1. The van der Waals surface area contributed by atoms with Crippen LogP contribution in [0.1, 0.15) is 49.8 Å². The molecule has 0 radical (unpaired) electrons. The van der Waals surface area contributed by atoms with Gasteiger partial charge < -0.3 is 14.4 Å². The first-order valence-electron chi connectivity index (χ1n) is 13.2. The lowest BCUT2D eigenvalue weighted by molar-refractivity contribution is 0.0185. The minimum absolute atomic E-state index is 0.135. The van der Waals surface area contributed by atoms with E-state index in [4.69, 9.17) is 4.74 Å². The molecule has 0 heterocycles. The van der Waals surface area contributed by atoms with Crippen molar-refractivity contribution in [3.05, 3.63) is 132 Å². The lowest BCUT2D eigenvalue weighted by Gasteiger charge is -2.35. The number of aliphatic hydroxyl groups is 1. The predicted molar refractivity (Wildman–Crippen MR) is 154 cm³/mol. The number of rotatable bonds is 13. The lowest BCUT2D eigenvalue weighted by Crippen LogP contribution is -2.34. The fourth-order valence-corrected chi connectivity index (χ4v) is 8.33. The average Bonchev–Trinajstić information content (AvgIpc) is 2.98. The maximum atomic E-state index is 15.4. The normalized spacial score (nSPS) is 14.1. The van der Waals surface area contributed by atoms with E-state index < -0.39 is 18.9 Å². The van der Waals surface area contributed by atoms with E-state index in [1.807, 2.05) is 109 Å². The van der Waals surface area contributed by atoms with Crippen molar-refractivity contribution < 1.29 is 14.4 Å². The van der Waals surface area contributed by atoms with Crippen LogP contribution in [0.3, 0.4) is 0 Å². The summed E-state index contributed by atoms with van der Waals surface area (Å²) in [6.45, 7) is 2.66. The van der Waals surface area contributed by atoms with Crippen LogP contribution in [0.2, 0.25) is 0 Å². The number of hydrogen-bond donors (Lipinski definition) is 1. The number of hydrogen-bond acceptors (Lipinski definition) is 3. The van der Waals surface area contributed by atoms with Crippen molar-refractivity contribution in [2.75, 3.05) is 0 Å². The molecule has 192 valence electrons. The fraction of sp³-hybridized carbons (Fsp3) is 0.273. The van der Waals surface area contributed by atoms with Crippen LogP contribution in [0, 0.1) is 0 Å². The minimum Gasteiger partial charge on any atom is -0.388 e. The monoisotopic (exact) mass is 512 g/mol. The van der Waals surface area contributed by atoms with Crippen molar-refractivity contribution in [1.82, 2.24) is 0 Å². The molecule has 0 bridgehead atoms. The van der Waals surface area contributed by atoms with Crippen molar-refractivity contribution in [2.24, 2.45) is 0 Å². The SMILES string of the molecule is CCCC[C@H](C[C@@H]([C@H](O)c1ccccc1)P(=O)(c1ccccc1)c1ccccc1)OCc1ccccc1. The molecular formula is C33H37O3P. The Morgan fingerprint density at radius 2 is 1.22 bits per heavy atom. The van der Waals surface area contributed by atoms with E-state index in [0.29, 0.717) is 13.0 Å². The Labute approximate surface area is 221 Å². The van der Waals surface area contributed by atoms with Crippen LogP contribution in [0.5, 0.6) is 0 Å². The second kappa shape index (κ2) is 13.5. The van der Waals surface area contributed by atoms with Gasteiger partial charge in [-0.25, -0.2) is 0 Å². The van der Waals surface area contributed by atoms with Crippen LogP contribution >= 0.6 is 7.14 Å². The summed E-state index contributed by atoms with van der Waals surface area (Å²) in [7, 11) is -3.27. The first kappa shape index (κ1) is 27.1. The van der Waals surface area contributed by atoms with Gasteiger partial charge in [-0.1, -0.05) is 141 Å². The van der Waals surface area contributed by atoms with E-state index in [1.165, 1.54) is 0 Å².